The second-order valence-electron chi connectivity index (χ2n) is 7.23. The fraction of sp³-hybridized carbons (Fsp3) is 0.0667. The maximum Gasteiger partial charge on any atom is 0.0280 e. The van der Waals surface area contributed by atoms with E-state index < -0.39 is 6.85 Å². The summed E-state index contributed by atoms with van der Waals surface area (Å²) in [7, 11) is 0. The summed E-state index contributed by atoms with van der Waals surface area (Å²) >= 11 is 0. The summed E-state index contributed by atoms with van der Waals surface area (Å²) in [6.07, 6.45) is 3.23. The van der Waals surface area contributed by atoms with Crippen molar-refractivity contribution in [3.05, 3.63) is 133 Å². The summed E-state index contributed by atoms with van der Waals surface area (Å²) < 4.78 is 22.1. The molecule has 2 heterocycles. The van der Waals surface area contributed by atoms with Crippen molar-refractivity contribution in [1.82, 2.24) is 9.97 Å². The van der Waals surface area contributed by atoms with Crippen LogP contribution < -0.4 is 0 Å². The number of hydrogen-bond acceptors (Lipinski definition) is 2. The molecular weight excluding hydrogens is 581 g/mol. The number of aryl methyl sites for hydroxylation is 2. The number of nitrogens with zero attached hydrogens (tertiary/aromatic N) is 2. The molecule has 0 atom stereocenters. The van der Waals surface area contributed by atoms with Gasteiger partial charge in [0.15, 0.2) is 0 Å². The van der Waals surface area contributed by atoms with Crippen LogP contribution in [0, 0.1) is 25.9 Å². The summed E-state index contributed by atoms with van der Waals surface area (Å²) in [5, 5.41) is 0. The van der Waals surface area contributed by atoms with Gasteiger partial charge in [0.1, 0.15) is 0 Å². The van der Waals surface area contributed by atoms with Gasteiger partial charge in [-0.2, -0.15) is 0 Å². The Balaban J connectivity index is 0.000000196. The summed E-state index contributed by atoms with van der Waals surface area (Å²) in [6.45, 7) is -0.314. The van der Waals surface area contributed by atoms with Crippen molar-refractivity contribution >= 4 is 0 Å². The Morgan fingerprint density at radius 2 is 1.48 bits per heavy atom. The average Bonchev–Trinajstić information content (AvgIpc) is 2.90. The SMILES string of the molecule is [2H]C([2H])([2H])c1cnc(-c2[c-]cccc2)cc1C.[Ir].[c-]1cc(-c2ccccc2)ccc1-c1ccccn1. The standard InChI is InChI=1S/C17H12N.C13H12N.Ir/c1-2-6-14(7-3-1)15-9-11-16(12-10-15)17-8-4-5-13-18-17;1-10-8-13(14-9-11(10)2)12-6-4-3-5-7-12;/h1-11,13H;3-6,8-9H,1-2H3;/q2*-1;/i;2D3;. The minimum Gasteiger partial charge on any atom is -0.305 e. The zero-order chi connectivity index (χ0) is 24.7. The van der Waals surface area contributed by atoms with Crippen LogP contribution >= 0.6 is 0 Å². The zero-order valence-corrected chi connectivity index (χ0v) is 20.5. The van der Waals surface area contributed by atoms with E-state index in [1.165, 1.54) is 17.3 Å². The molecule has 0 saturated heterocycles. The van der Waals surface area contributed by atoms with E-state index in [4.69, 9.17) is 4.11 Å². The van der Waals surface area contributed by atoms with Gasteiger partial charge in [0.25, 0.3) is 0 Å². The number of aromatic nitrogens is 2. The fourth-order valence-electron chi connectivity index (χ4n) is 3.17. The van der Waals surface area contributed by atoms with Crippen molar-refractivity contribution in [3.8, 4) is 33.6 Å². The second kappa shape index (κ2) is 12.0. The Morgan fingerprint density at radius 3 is 2.12 bits per heavy atom. The largest absolute Gasteiger partial charge is 0.305 e. The molecule has 1 radical (unpaired) electrons. The molecule has 0 aliphatic rings. The van der Waals surface area contributed by atoms with E-state index >= 15 is 0 Å². The van der Waals surface area contributed by atoms with Crippen LogP contribution in [0.1, 0.15) is 15.2 Å². The fourth-order valence-corrected chi connectivity index (χ4v) is 3.17. The van der Waals surface area contributed by atoms with Gasteiger partial charge in [-0.05, 0) is 36.8 Å². The van der Waals surface area contributed by atoms with E-state index in [9.17, 15) is 0 Å². The van der Waals surface area contributed by atoms with Gasteiger partial charge in [0.05, 0.1) is 0 Å². The van der Waals surface area contributed by atoms with E-state index in [1.807, 2.05) is 66.7 Å². The minimum atomic E-state index is -2.10. The predicted molar refractivity (Wildman–Crippen MR) is 132 cm³/mol. The Labute approximate surface area is 214 Å². The van der Waals surface area contributed by atoms with Crippen molar-refractivity contribution in [1.29, 1.82) is 0 Å². The predicted octanol–water partition coefficient (Wildman–Crippen LogP) is 7.38. The van der Waals surface area contributed by atoms with Gasteiger partial charge in [-0.1, -0.05) is 65.2 Å². The summed E-state index contributed by atoms with van der Waals surface area (Å²) in [5.74, 6) is 0. The van der Waals surface area contributed by atoms with Crippen LogP contribution in [0.4, 0.5) is 0 Å². The molecule has 2 nitrogen and oxygen atoms in total. The first-order chi connectivity index (χ1) is 16.9. The van der Waals surface area contributed by atoms with Gasteiger partial charge in [0.2, 0.25) is 0 Å². The Morgan fingerprint density at radius 1 is 0.697 bits per heavy atom. The Bertz CT molecular complexity index is 1300. The normalized spacial score (nSPS) is 11.6. The number of rotatable bonds is 3. The third kappa shape index (κ3) is 6.55. The molecule has 0 aliphatic carbocycles. The van der Waals surface area contributed by atoms with Crippen LogP contribution in [-0.4, -0.2) is 9.97 Å². The van der Waals surface area contributed by atoms with Crippen LogP contribution in [0.2, 0.25) is 0 Å². The van der Waals surface area contributed by atoms with Crippen LogP contribution in [0.3, 0.4) is 0 Å². The molecule has 165 valence electrons. The molecule has 5 rings (SSSR count). The molecule has 0 aliphatic heterocycles. The molecular formula is C30H24IrN2-2. The van der Waals surface area contributed by atoms with Gasteiger partial charge < -0.3 is 9.97 Å². The molecule has 3 heteroatoms. The maximum absolute atomic E-state index is 7.37. The first-order valence-electron chi connectivity index (χ1n) is 11.8. The molecule has 5 aromatic rings. The van der Waals surface area contributed by atoms with Crippen molar-refractivity contribution < 1.29 is 24.2 Å². The summed E-state index contributed by atoms with van der Waals surface area (Å²) in [5.41, 5.74) is 7.01. The van der Waals surface area contributed by atoms with Gasteiger partial charge in [-0.3, -0.25) is 0 Å². The molecule has 0 saturated carbocycles. The molecule has 0 amide bonds. The zero-order valence-electron chi connectivity index (χ0n) is 21.1. The number of benzene rings is 3. The van der Waals surface area contributed by atoms with Gasteiger partial charge in [-0.15, -0.1) is 65.7 Å². The van der Waals surface area contributed by atoms with Crippen LogP contribution in [0.15, 0.2) is 109 Å². The van der Waals surface area contributed by atoms with Gasteiger partial charge in [0, 0.05) is 36.6 Å². The average molecular weight is 608 g/mol. The smallest absolute Gasteiger partial charge is 0.0280 e. The second-order valence-corrected chi connectivity index (χ2v) is 7.23. The molecule has 2 aromatic heterocycles. The molecule has 0 unspecified atom stereocenters. The summed E-state index contributed by atoms with van der Waals surface area (Å²) in [4.78, 5) is 8.51. The molecule has 0 fully saturated rings. The van der Waals surface area contributed by atoms with Crippen LogP contribution in [0.25, 0.3) is 33.6 Å². The van der Waals surface area contributed by atoms with E-state index in [1.54, 1.807) is 19.2 Å². The third-order valence-corrected chi connectivity index (χ3v) is 4.96. The molecule has 0 N–H and O–H groups in total. The number of pyridine rings is 2. The van der Waals surface area contributed by atoms with Crippen LogP contribution in [0.5, 0.6) is 0 Å². The van der Waals surface area contributed by atoms with Crippen molar-refractivity contribution in [2.45, 2.75) is 13.8 Å². The molecule has 3 aromatic carbocycles. The Kier molecular flexibility index (Phi) is 7.36. The van der Waals surface area contributed by atoms with Gasteiger partial charge >= 0.3 is 0 Å². The minimum absolute atomic E-state index is 0. The van der Waals surface area contributed by atoms with Crippen LogP contribution in [-0.2, 0) is 20.1 Å². The van der Waals surface area contributed by atoms with Crippen molar-refractivity contribution in [3.63, 3.8) is 0 Å². The molecule has 0 bridgehead atoms. The molecule has 0 spiro atoms. The Hall–Kier alpha value is -3.39. The van der Waals surface area contributed by atoms with Crippen molar-refractivity contribution in [2.24, 2.45) is 0 Å². The topological polar surface area (TPSA) is 25.8 Å². The van der Waals surface area contributed by atoms with E-state index in [-0.39, 0.29) is 20.1 Å². The number of hydrogen-bond donors (Lipinski definition) is 0. The van der Waals surface area contributed by atoms with E-state index in [0.29, 0.717) is 5.56 Å². The first kappa shape index (κ1) is 20.2. The van der Waals surface area contributed by atoms with E-state index in [0.717, 1.165) is 28.1 Å². The maximum atomic E-state index is 7.37. The molecule has 33 heavy (non-hydrogen) atoms. The third-order valence-electron chi connectivity index (χ3n) is 4.96. The monoisotopic (exact) mass is 608 g/mol. The summed E-state index contributed by atoms with van der Waals surface area (Å²) in [6, 6.07) is 38.0. The first-order valence-corrected chi connectivity index (χ1v) is 10.3. The van der Waals surface area contributed by atoms with Crippen molar-refractivity contribution in [2.75, 3.05) is 0 Å². The van der Waals surface area contributed by atoms with Gasteiger partial charge in [-0.25, -0.2) is 0 Å². The quantitative estimate of drug-likeness (QED) is 0.200. The van der Waals surface area contributed by atoms with E-state index in [2.05, 4.69) is 46.4 Å².